The molecule has 0 aliphatic carbocycles. The minimum absolute atomic E-state index is 0.166. The summed E-state index contributed by atoms with van der Waals surface area (Å²) in [7, 11) is 0. The van der Waals surface area contributed by atoms with E-state index in [4.69, 9.17) is 11.8 Å². The van der Waals surface area contributed by atoms with Crippen LogP contribution in [-0.2, 0) is 9.53 Å². The fraction of sp³-hybridized carbons (Fsp3) is 0.500. The van der Waals surface area contributed by atoms with Crippen molar-refractivity contribution >= 4 is 24.3 Å². The summed E-state index contributed by atoms with van der Waals surface area (Å²) in [5, 5.41) is 0. The molecule has 0 N–H and O–H groups in total. The second-order valence-corrected chi connectivity index (χ2v) is 1.48. The molecule has 0 spiro atoms. The topological polar surface area (TPSA) is 46.6 Å². The van der Waals surface area contributed by atoms with Crippen LogP contribution in [-0.4, -0.2) is 23.5 Å². The molecule has 0 bridgehead atoms. The van der Waals surface area contributed by atoms with Crippen molar-refractivity contribution in [3.63, 3.8) is 0 Å². The Morgan fingerprint density at radius 2 is 2.44 bits per heavy atom. The van der Waals surface area contributed by atoms with Crippen LogP contribution in [0.5, 0.6) is 0 Å². The molecule has 0 aromatic carbocycles. The lowest BCUT2D eigenvalue weighted by molar-refractivity contribution is -0.113. The van der Waals surface area contributed by atoms with Gasteiger partial charge in [-0.3, -0.25) is 4.79 Å². The van der Waals surface area contributed by atoms with Gasteiger partial charge in [-0.15, -0.1) is 0 Å². The maximum atomic E-state index is 10.3. The second kappa shape index (κ2) is 4.14. The molecular formula is C4H6ClNO3. The van der Waals surface area contributed by atoms with E-state index in [1.165, 1.54) is 0 Å². The summed E-state index contributed by atoms with van der Waals surface area (Å²) >= 11 is 4.99. The molecule has 9 heavy (non-hydrogen) atoms. The Morgan fingerprint density at radius 1 is 1.89 bits per heavy atom. The van der Waals surface area contributed by atoms with Crippen molar-refractivity contribution in [1.29, 1.82) is 0 Å². The molecule has 0 aromatic rings. The molecule has 0 atom stereocenters. The van der Waals surface area contributed by atoms with Crippen molar-refractivity contribution in [1.82, 2.24) is 4.42 Å². The Labute approximate surface area is 57.4 Å². The number of hydrogen-bond donors (Lipinski definition) is 0. The lowest BCUT2D eigenvalue weighted by atomic mass is 10.9. The van der Waals surface area contributed by atoms with Gasteiger partial charge in [-0.2, -0.15) is 4.42 Å². The predicted octanol–water partition coefficient (Wildman–Crippen LogP) is 0.755. The maximum absolute atomic E-state index is 10.3. The van der Waals surface area contributed by atoms with Crippen molar-refractivity contribution in [3.8, 4) is 0 Å². The number of imide groups is 1. The fourth-order valence-corrected chi connectivity index (χ4v) is 0.277. The summed E-state index contributed by atoms with van der Waals surface area (Å²) in [5.74, 6) is 0. The van der Waals surface area contributed by atoms with Gasteiger partial charge in [-0.1, -0.05) is 0 Å². The molecule has 4 nitrogen and oxygen atoms in total. The number of hydrogen-bond acceptors (Lipinski definition) is 3. The van der Waals surface area contributed by atoms with E-state index in [1.54, 1.807) is 6.92 Å². The van der Waals surface area contributed by atoms with E-state index in [0.717, 1.165) is 0 Å². The molecule has 0 rings (SSSR count). The Morgan fingerprint density at radius 3 is 2.78 bits per heavy atom. The third-order valence-corrected chi connectivity index (χ3v) is 0.752. The number of carbonyl (C=O) groups is 2. The lowest BCUT2D eigenvalue weighted by Crippen LogP contribution is -2.20. The number of rotatable bonds is 2. The van der Waals surface area contributed by atoms with Gasteiger partial charge in [-0.25, -0.2) is 4.79 Å². The minimum atomic E-state index is -0.853. The van der Waals surface area contributed by atoms with Crippen molar-refractivity contribution in [3.05, 3.63) is 0 Å². The first-order chi connectivity index (χ1) is 4.22. The summed E-state index contributed by atoms with van der Waals surface area (Å²) in [4.78, 5) is 20.0. The standard InChI is InChI=1S/C4H6ClNO3/c1-2-9-4(8)6(5)3-7/h3H,2H2,1H3. The van der Waals surface area contributed by atoms with E-state index in [1.807, 2.05) is 0 Å². The fourth-order valence-electron chi connectivity index (χ4n) is 0.228. The summed E-state index contributed by atoms with van der Waals surface area (Å²) in [6, 6.07) is 0. The third-order valence-electron chi connectivity index (χ3n) is 0.535. The Hall–Kier alpha value is -0.770. The first-order valence-corrected chi connectivity index (χ1v) is 2.63. The summed E-state index contributed by atoms with van der Waals surface area (Å²) < 4.78 is 4.63. The maximum Gasteiger partial charge on any atom is 0.431 e. The van der Waals surface area contributed by atoms with E-state index >= 15 is 0 Å². The molecule has 0 fully saturated rings. The van der Waals surface area contributed by atoms with Crippen LogP contribution in [0.25, 0.3) is 0 Å². The largest absolute Gasteiger partial charge is 0.449 e. The third kappa shape index (κ3) is 2.92. The summed E-state index contributed by atoms with van der Waals surface area (Å²) in [6.07, 6.45) is -0.686. The van der Waals surface area contributed by atoms with E-state index in [2.05, 4.69) is 4.74 Å². The number of amides is 2. The molecule has 0 aromatic heterocycles. The quantitative estimate of drug-likeness (QED) is 0.432. The van der Waals surface area contributed by atoms with Crippen molar-refractivity contribution < 1.29 is 14.3 Å². The minimum Gasteiger partial charge on any atom is -0.449 e. The smallest absolute Gasteiger partial charge is 0.431 e. The molecule has 0 aliphatic rings. The van der Waals surface area contributed by atoms with Crippen LogP contribution >= 0.6 is 11.8 Å². The molecule has 0 saturated heterocycles. The average molecular weight is 152 g/mol. The summed E-state index contributed by atoms with van der Waals surface area (Å²) in [6.45, 7) is 1.82. The van der Waals surface area contributed by atoms with Gasteiger partial charge in [0.1, 0.15) is 0 Å². The molecule has 5 heteroatoms. The first kappa shape index (κ1) is 8.23. The molecular weight excluding hydrogens is 146 g/mol. The number of nitrogens with zero attached hydrogens (tertiary/aromatic N) is 1. The zero-order chi connectivity index (χ0) is 7.28. The molecule has 0 unspecified atom stereocenters. The van der Waals surface area contributed by atoms with Gasteiger partial charge in [-0.05, 0) is 6.92 Å². The van der Waals surface area contributed by atoms with E-state index in [9.17, 15) is 9.59 Å². The highest BCUT2D eigenvalue weighted by Gasteiger charge is 2.08. The van der Waals surface area contributed by atoms with Gasteiger partial charge < -0.3 is 4.74 Å². The highest BCUT2D eigenvalue weighted by atomic mass is 35.5. The van der Waals surface area contributed by atoms with E-state index in [-0.39, 0.29) is 13.0 Å². The van der Waals surface area contributed by atoms with E-state index in [0.29, 0.717) is 4.42 Å². The second-order valence-electron chi connectivity index (χ2n) is 1.12. The Kier molecular flexibility index (Phi) is 3.79. The molecule has 0 aliphatic heterocycles. The van der Waals surface area contributed by atoms with Crippen LogP contribution in [0.15, 0.2) is 0 Å². The predicted molar refractivity (Wildman–Crippen MR) is 30.8 cm³/mol. The molecule has 0 radical (unpaired) electrons. The van der Waals surface area contributed by atoms with Crippen molar-refractivity contribution in [2.24, 2.45) is 0 Å². The van der Waals surface area contributed by atoms with Crippen LogP contribution in [0.1, 0.15) is 6.92 Å². The normalized spacial score (nSPS) is 8.22. The van der Waals surface area contributed by atoms with Crippen LogP contribution in [0.2, 0.25) is 0 Å². The molecule has 0 saturated carbocycles. The zero-order valence-corrected chi connectivity index (χ0v) is 5.59. The van der Waals surface area contributed by atoms with Gasteiger partial charge in [0.25, 0.3) is 0 Å². The monoisotopic (exact) mass is 151 g/mol. The highest BCUT2D eigenvalue weighted by Crippen LogP contribution is 1.92. The molecule has 52 valence electrons. The van der Waals surface area contributed by atoms with Gasteiger partial charge in [0.05, 0.1) is 6.61 Å². The Bertz CT molecular complexity index is 116. The summed E-state index contributed by atoms with van der Waals surface area (Å²) in [5.41, 5.74) is 0. The van der Waals surface area contributed by atoms with Crippen LogP contribution in [0.3, 0.4) is 0 Å². The Balaban J connectivity index is 3.58. The van der Waals surface area contributed by atoms with Crippen LogP contribution in [0, 0.1) is 0 Å². The van der Waals surface area contributed by atoms with Crippen molar-refractivity contribution in [2.45, 2.75) is 6.92 Å². The van der Waals surface area contributed by atoms with Crippen LogP contribution in [0.4, 0.5) is 4.79 Å². The highest BCUT2D eigenvalue weighted by molar-refractivity contribution is 6.25. The first-order valence-electron chi connectivity index (χ1n) is 2.29. The van der Waals surface area contributed by atoms with Crippen LogP contribution < -0.4 is 0 Å². The molecule has 0 heterocycles. The number of carbonyl (C=O) groups excluding carboxylic acids is 2. The molecule has 2 amide bonds. The van der Waals surface area contributed by atoms with E-state index < -0.39 is 6.09 Å². The SMILES string of the molecule is CCOC(=O)N(Cl)C=O. The van der Waals surface area contributed by atoms with Crippen molar-refractivity contribution in [2.75, 3.05) is 6.61 Å². The average Bonchev–Trinajstić information content (AvgIpc) is 1.87. The number of ether oxygens (including phenoxy) is 1. The van der Waals surface area contributed by atoms with Gasteiger partial charge in [0, 0.05) is 11.8 Å². The van der Waals surface area contributed by atoms with Gasteiger partial charge in [0.15, 0.2) is 0 Å². The van der Waals surface area contributed by atoms with Gasteiger partial charge >= 0.3 is 6.09 Å². The van der Waals surface area contributed by atoms with Gasteiger partial charge in [0.2, 0.25) is 6.41 Å². The zero-order valence-electron chi connectivity index (χ0n) is 4.83. The number of halogens is 1. The lowest BCUT2D eigenvalue weighted by Gasteiger charge is -2.03.